The Hall–Kier alpha value is -2.17. The van der Waals surface area contributed by atoms with Gasteiger partial charge >= 0.3 is 5.97 Å². The lowest BCUT2D eigenvalue weighted by atomic mass is 10.2. The van der Waals surface area contributed by atoms with Crippen molar-refractivity contribution in [2.24, 2.45) is 5.92 Å². The molecule has 0 radical (unpaired) electrons. The Bertz CT molecular complexity index is 592. The zero-order chi connectivity index (χ0) is 16.8. The number of ether oxygens (including phenoxy) is 3. The molecule has 4 nitrogen and oxygen atoms in total. The molecule has 0 aliphatic heterocycles. The first-order chi connectivity index (χ1) is 11.7. The van der Waals surface area contributed by atoms with Gasteiger partial charge in [-0.3, -0.25) is 4.79 Å². The van der Waals surface area contributed by atoms with Gasteiger partial charge in [-0.2, -0.15) is 0 Å². The maximum Gasteiger partial charge on any atom is 0.302 e. The second-order valence-corrected chi connectivity index (χ2v) is 5.99. The molecule has 24 heavy (non-hydrogen) atoms. The number of benzene rings is 2. The summed E-state index contributed by atoms with van der Waals surface area (Å²) >= 11 is 0. The predicted octanol–water partition coefficient (Wildman–Crippen LogP) is 3.35. The van der Waals surface area contributed by atoms with Gasteiger partial charge in [0.2, 0.25) is 0 Å². The van der Waals surface area contributed by atoms with Crippen LogP contribution in [0.25, 0.3) is 0 Å². The van der Waals surface area contributed by atoms with E-state index < -0.39 is 0 Å². The molecule has 0 N–H and O–H groups in total. The molecular weight excluding hydrogens is 304 g/mol. The highest BCUT2D eigenvalue weighted by molar-refractivity contribution is 5.65. The van der Waals surface area contributed by atoms with Gasteiger partial charge in [0.1, 0.15) is 0 Å². The Morgan fingerprint density at radius 1 is 0.833 bits per heavy atom. The molecule has 2 atom stereocenters. The molecule has 1 saturated carbocycles. The Morgan fingerprint density at radius 3 is 1.71 bits per heavy atom. The molecule has 0 spiro atoms. The van der Waals surface area contributed by atoms with Crippen molar-refractivity contribution in [3.05, 3.63) is 71.8 Å². The minimum atomic E-state index is -0.273. The number of rotatable bonds is 8. The van der Waals surface area contributed by atoms with Crippen molar-refractivity contribution in [1.29, 1.82) is 0 Å². The van der Waals surface area contributed by atoms with E-state index in [1.54, 1.807) is 0 Å². The fourth-order valence-corrected chi connectivity index (χ4v) is 2.69. The molecule has 0 aromatic heterocycles. The molecule has 2 unspecified atom stereocenters. The summed E-state index contributed by atoms with van der Waals surface area (Å²) in [5.41, 5.74) is 2.25. The fraction of sp³-hybridized carbons (Fsp3) is 0.350. The first-order valence-electron chi connectivity index (χ1n) is 8.18. The van der Waals surface area contributed by atoms with Crippen LogP contribution in [0.15, 0.2) is 60.7 Å². The van der Waals surface area contributed by atoms with Crippen LogP contribution in [0.1, 0.15) is 18.1 Å². The number of esters is 1. The lowest BCUT2D eigenvalue weighted by Crippen LogP contribution is -2.06. The molecule has 2 aromatic carbocycles. The van der Waals surface area contributed by atoms with Gasteiger partial charge in [-0.05, 0) is 11.1 Å². The number of carbonyl (C=O) groups excluding carboxylic acids is 1. The molecule has 3 rings (SSSR count). The molecular formula is C20H22O4. The van der Waals surface area contributed by atoms with Gasteiger partial charge in [0.25, 0.3) is 0 Å². The molecule has 4 heteroatoms. The van der Waals surface area contributed by atoms with Crippen LogP contribution in [0.2, 0.25) is 0 Å². The lowest BCUT2D eigenvalue weighted by molar-refractivity contribution is -0.141. The Labute approximate surface area is 142 Å². The molecule has 1 aliphatic rings. The van der Waals surface area contributed by atoms with E-state index >= 15 is 0 Å². The molecule has 2 aromatic rings. The van der Waals surface area contributed by atoms with Crippen LogP contribution in [0.4, 0.5) is 0 Å². The summed E-state index contributed by atoms with van der Waals surface area (Å²) in [4.78, 5) is 11.0. The highest BCUT2D eigenvalue weighted by atomic mass is 16.6. The number of carbonyl (C=O) groups is 1. The molecule has 1 aliphatic carbocycles. The molecule has 0 saturated heterocycles. The van der Waals surface area contributed by atoms with Crippen molar-refractivity contribution in [3.63, 3.8) is 0 Å². The topological polar surface area (TPSA) is 44.8 Å². The summed E-state index contributed by atoms with van der Waals surface area (Å²) in [5, 5.41) is 0. The molecule has 0 amide bonds. The van der Waals surface area contributed by atoms with Gasteiger partial charge in [0, 0.05) is 6.92 Å². The van der Waals surface area contributed by atoms with Crippen molar-refractivity contribution in [2.75, 3.05) is 6.61 Å². The Balaban J connectivity index is 1.52. The van der Waals surface area contributed by atoms with Crippen molar-refractivity contribution >= 4 is 5.97 Å². The third-order valence-corrected chi connectivity index (χ3v) is 4.08. The van der Waals surface area contributed by atoms with Gasteiger partial charge in [-0.15, -0.1) is 0 Å². The fourth-order valence-electron chi connectivity index (χ4n) is 2.69. The van der Waals surface area contributed by atoms with Crippen LogP contribution in [0.3, 0.4) is 0 Å². The van der Waals surface area contributed by atoms with Gasteiger partial charge in [-0.1, -0.05) is 60.7 Å². The summed E-state index contributed by atoms with van der Waals surface area (Å²) in [5.74, 6) is -0.174. The van der Waals surface area contributed by atoms with Crippen LogP contribution >= 0.6 is 0 Å². The zero-order valence-electron chi connectivity index (χ0n) is 13.8. The maximum atomic E-state index is 11.0. The highest BCUT2D eigenvalue weighted by Gasteiger charge is 2.53. The normalized spacial score (nSPS) is 22.1. The summed E-state index contributed by atoms with van der Waals surface area (Å²) in [7, 11) is 0. The van der Waals surface area contributed by atoms with Gasteiger partial charge in [0.15, 0.2) is 0 Å². The minimum absolute atomic E-state index is 0.0340. The molecule has 1 fully saturated rings. The van der Waals surface area contributed by atoms with E-state index in [2.05, 4.69) is 0 Å². The van der Waals surface area contributed by atoms with Gasteiger partial charge < -0.3 is 14.2 Å². The monoisotopic (exact) mass is 326 g/mol. The smallest absolute Gasteiger partial charge is 0.302 e. The summed E-state index contributed by atoms with van der Waals surface area (Å²) in [6.07, 6.45) is -0.0680. The van der Waals surface area contributed by atoms with Crippen molar-refractivity contribution < 1.29 is 19.0 Å². The average molecular weight is 326 g/mol. The number of hydrogen-bond acceptors (Lipinski definition) is 4. The van der Waals surface area contributed by atoms with Crippen molar-refractivity contribution in [3.8, 4) is 0 Å². The lowest BCUT2D eigenvalue weighted by Gasteiger charge is -2.05. The molecule has 0 heterocycles. The zero-order valence-corrected chi connectivity index (χ0v) is 13.8. The minimum Gasteiger partial charge on any atom is -0.465 e. The second kappa shape index (κ2) is 8.08. The van der Waals surface area contributed by atoms with E-state index in [0.29, 0.717) is 19.8 Å². The second-order valence-electron chi connectivity index (χ2n) is 5.99. The summed E-state index contributed by atoms with van der Waals surface area (Å²) < 4.78 is 17.1. The SMILES string of the molecule is CC(=O)OCC1C(OCc2ccccc2)C1OCc1ccccc1. The van der Waals surface area contributed by atoms with Crippen LogP contribution < -0.4 is 0 Å². The number of hydrogen-bond donors (Lipinski definition) is 0. The average Bonchev–Trinajstić information content (AvgIpc) is 3.29. The Kier molecular flexibility index (Phi) is 5.62. The Morgan fingerprint density at radius 2 is 1.29 bits per heavy atom. The van der Waals surface area contributed by atoms with E-state index in [0.717, 1.165) is 11.1 Å². The quantitative estimate of drug-likeness (QED) is 0.698. The maximum absolute atomic E-state index is 11.0. The van der Waals surface area contributed by atoms with E-state index in [9.17, 15) is 4.79 Å². The molecule has 126 valence electrons. The van der Waals surface area contributed by atoms with E-state index in [1.165, 1.54) is 6.92 Å². The highest BCUT2D eigenvalue weighted by Crippen LogP contribution is 2.39. The largest absolute Gasteiger partial charge is 0.465 e. The van der Waals surface area contributed by atoms with E-state index in [-0.39, 0.29) is 24.1 Å². The summed E-state index contributed by atoms with van der Waals surface area (Å²) in [6, 6.07) is 20.1. The standard InChI is InChI=1S/C20H22O4/c1-15(21)22-14-18-19(23-12-16-8-4-2-5-9-16)20(18)24-13-17-10-6-3-7-11-17/h2-11,18-20H,12-14H2,1H3. The van der Waals surface area contributed by atoms with Crippen LogP contribution in [0.5, 0.6) is 0 Å². The van der Waals surface area contributed by atoms with Crippen LogP contribution in [-0.4, -0.2) is 24.8 Å². The van der Waals surface area contributed by atoms with E-state index in [1.807, 2.05) is 60.7 Å². The van der Waals surface area contributed by atoms with Crippen molar-refractivity contribution in [1.82, 2.24) is 0 Å². The first-order valence-corrected chi connectivity index (χ1v) is 8.18. The van der Waals surface area contributed by atoms with Crippen molar-refractivity contribution in [2.45, 2.75) is 32.3 Å². The predicted molar refractivity (Wildman–Crippen MR) is 90.2 cm³/mol. The first kappa shape index (κ1) is 16.7. The summed E-state index contributed by atoms with van der Waals surface area (Å²) in [6.45, 7) is 2.83. The van der Waals surface area contributed by atoms with E-state index in [4.69, 9.17) is 14.2 Å². The third kappa shape index (κ3) is 4.66. The van der Waals surface area contributed by atoms with Gasteiger partial charge in [-0.25, -0.2) is 0 Å². The van der Waals surface area contributed by atoms with Gasteiger partial charge in [0.05, 0.1) is 37.9 Å². The van der Waals surface area contributed by atoms with Crippen LogP contribution in [-0.2, 0) is 32.2 Å². The third-order valence-electron chi connectivity index (χ3n) is 4.08. The molecule has 0 bridgehead atoms. The van der Waals surface area contributed by atoms with Crippen LogP contribution in [0, 0.1) is 5.92 Å².